The largest absolute Gasteiger partial charge is 0.370 e. The van der Waals surface area contributed by atoms with Gasteiger partial charge in [-0.1, -0.05) is 13.8 Å². The Hall–Kier alpha value is -0.790. The molecule has 0 fully saturated rings. The second-order valence-corrected chi connectivity index (χ2v) is 7.58. The molecule has 0 bridgehead atoms. The molecule has 0 saturated carbocycles. The molecule has 0 radical (unpaired) electrons. The van der Waals surface area contributed by atoms with Crippen LogP contribution >= 0.6 is 11.8 Å². The number of aromatic nitrogens is 1. The van der Waals surface area contributed by atoms with Crippen molar-refractivity contribution in [3.8, 4) is 0 Å². The zero-order valence-electron chi connectivity index (χ0n) is 12.2. The Kier molecular flexibility index (Phi) is 7.32. The van der Waals surface area contributed by atoms with Crippen molar-refractivity contribution in [1.29, 1.82) is 0 Å². The lowest BCUT2D eigenvalue weighted by Crippen LogP contribution is -2.26. The van der Waals surface area contributed by atoms with Crippen molar-refractivity contribution >= 4 is 27.6 Å². The number of rotatable bonds is 9. The second-order valence-electron chi connectivity index (χ2n) is 4.54. The average molecular weight is 317 g/mol. The van der Waals surface area contributed by atoms with Gasteiger partial charge in [0.2, 0.25) is 10.0 Å². The molecule has 0 spiro atoms. The summed E-state index contributed by atoms with van der Waals surface area (Å²) in [5.74, 6) is 0.696. The van der Waals surface area contributed by atoms with Crippen molar-refractivity contribution in [3.63, 3.8) is 0 Å². The van der Waals surface area contributed by atoms with E-state index < -0.39 is 10.0 Å². The summed E-state index contributed by atoms with van der Waals surface area (Å²) in [6.45, 7) is 5.41. The molecule has 0 aliphatic heterocycles. The van der Waals surface area contributed by atoms with Crippen LogP contribution in [0, 0.1) is 0 Å². The number of hydrogen-bond acceptors (Lipinski definition) is 5. The summed E-state index contributed by atoms with van der Waals surface area (Å²) in [5, 5.41) is 3.55. The molecule has 0 aromatic carbocycles. The van der Waals surface area contributed by atoms with E-state index in [2.05, 4.69) is 28.9 Å². The van der Waals surface area contributed by atoms with E-state index in [0.29, 0.717) is 17.6 Å². The van der Waals surface area contributed by atoms with Crippen LogP contribution in [0.1, 0.15) is 26.7 Å². The Labute approximate surface area is 126 Å². The molecule has 20 heavy (non-hydrogen) atoms. The van der Waals surface area contributed by atoms with Crippen molar-refractivity contribution in [3.05, 3.63) is 18.3 Å². The molecule has 0 aliphatic rings. The fourth-order valence-electron chi connectivity index (χ4n) is 1.49. The molecule has 5 nitrogen and oxygen atoms in total. The number of sulfonamides is 1. The van der Waals surface area contributed by atoms with Gasteiger partial charge in [0, 0.05) is 24.5 Å². The van der Waals surface area contributed by atoms with Crippen LogP contribution in [0.25, 0.3) is 0 Å². The number of hydrogen-bond donors (Lipinski definition) is 2. The third kappa shape index (κ3) is 5.68. The first kappa shape index (κ1) is 17.3. The van der Waals surface area contributed by atoms with Crippen molar-refractivity contribution < 1.29 is 8.42 Å². The van der Waals surface area contributed by atoms with E-state index in [4.69, 9.17) is 0 Å². The van der Waals surface area contributed by atoms with E-state index in [9.17, 15) is 8.42 Å². The summed E-state index contributed by atoms with van der Waals surface area (Å²) in [6, 6.07) is 3.26. The maximum Gasteiger partial charge on any atom is 0.242 e. The standard InChI is InChI=1S/C13H23N3O2S2/c1-4-8-14-13-6-5-12(10-15-13)20(17,18)16-9-7-11(2)19-3/h5-6,10-11,16H,4,7-9H2,1-3H3,(H,14,15). The Morgan fingerprint density at radius 3 is 2.65 bits per heavy atom. The smallest absolute Gasteiger partial charge is 0.242 e. The maximum atomic E-state index is 12.0. The van der Waals surface area contributed by atoms with Gasteiger partial charge in [-0.25, -0.2) is 18.1 Å². The van der Waals surface area contributed by atoms with E-state index >= 15 is 0 Å². The minimum atomic E-state index is -3.45. The Balaban J connectivity index is 2.58. The zero-order valence-corrected chi connectivity index (χ0v) is 13.9. The first-order valence-corrected chi connectivity index (χ1v) is 9.49. The number of pyridine rings is 1. The van der Waals surface area contributed by atoms with Crippen LogP contribution < -0.4 is 10.0 Å². The van der Waals surface area contributed by atoms with Crippen molar-refractivity contribution in [1.82, 2.24) is 9.71 Å². The molecule has 114 valence electrons. The van der Waals surface area contributed by atoms with E-state index in [1.807, 2.05) is 6.26 Å². The summed E-state index contributed by atoms with van der Waals surface area (Å²) in [5.41, 5.74) is 0. The highest BCUT2D eigenvalue weighted by atomic mass is 32.2. The van der Waals surface area contributed by atoms with Crippen LogP contribution in [0.2, 0.25) is 0 Å². The highest BCUT2D eigenvalue weighted by Crippen LogP contribution is 2.12. The van der Waals surface area contributed by atoms with Gasteiger partial charge in [-0.3, -0.25) is 0 Å². The first-order chi connectivity index (χ1) is 9.49. The molecule has 1 aromatic heterocycles. The van der Waals surface area contributed by atoms with Crippen LogP contribution in [0.3, 0.4) is 0 Å². The lowest BCUT2D eigenvalue weighted by Gasteiger charge is -2.10. The van der Waals surface area contributed by atoms with E-state index in [1.54, 1.807) is 23.9 Å². The monoisotopic (exact) mass is 317 g/mol. The van der Waals surface area contributed by atoms with E-state index in [0.717, 1.165) is 19.4 Å². The normalized spacial score (nSPS) is 13.2. The summed E-state index contributed by atoms with van der Waals surface area (Å²) >= 11 is 1.73. The highest BCUT2D eigenvalue weighted by Gasteiger charge is 2.14. The van der Waals surface area contributed by atoms with E-state index in [-0.39, 0.29) is 4.90 Å². The van der Waals surface area contributed by atoms with Crippen LogP contribution in [0.15, 0.2) is 23.2 Å². The zero-order chi connectivity index (χ0) is 15.0. The fraction of sp³-hybridized carbons (Fsp3) is 0.615. The lowest BCUT2D eigenvalue weighted by molar-refractivity contribution is 0.578. The van der Waals surface area contributed by atoms with Crippen molar-refractivity contribution in [2.24, 2.45) is 0 Å². The lowest BCUT2D eigenvalue weighted by atomic mass is 10.3. The SMILES string of the molecule is CCCNc1ccc(S(=O)(=O)NCCC(C)SC)cn1. The number of nitrogens with one attached hydrogen (secondary N) is 2. The molecule has 1 heterocycles. The molecule has 1 aromatic rings. The van der Waals surface area contributed by atoms with Gasteiger partial charge < -0.3 is 5.32 Å². The average Bonchev–Trinajstić information content (AvgIpc) is 2.45. The quantitative estimate of drug-likeness (QED) is 0.731. The predicted octanol–water partition coefficient (Wildman–Crippen LogP) is 2.32. The molecular weight excluding hydrogens is 294 g/mol. The summed E-state index contributed by atoms with van der Waals surface area (Å²) in [4.78, 5) is 4.31. The molecule has 2 N–H and O–H groups in total. The van der Waals surface area contributed by atoms with E-state index in [1.165, 1.54) is 6.20 Å². The Bertz CT molecular complexity index is 489. The van der Waals surface area contributed by atoms with Gasteiger partial charge in [0.05, 0.1) is 0 Å². The second kappa shape index (κ2) is 8.49. The Morgan fingerprint density at radius 2 is 2.10 bits per heavy atom. The van der Waals surface area contributed by atoms with Gasteiger partial charge in [-0.15, -0.1) is 0 Å². The third-order valence-corrected chi connectivity index (χ3v) is 5.33. The molecule has 0 aliphatic carbocycles. The highest BCUT2D eigenvalue weighted by molar-refractivity contribution is 7.99. The van der Waals surface area contributed by atoms with Crippen LogP contribution in [0.4, 0.5) is 5.82 Å². The number of anilines is 1. The predicted molar refractivity (Wildman–Crippen MR) is 85.8 cm³/mol. The van der Waals surface area contributed by atoms with Crippen LogP contribution in [-0.2, 0) is 10.0 Å². The Morgan fingerprint density at radius 1 is 1.35 bits per heavy atom. The molecule has 0 saturated heterocycles. The van der Waals surface area contributed by atoms with Gasteiger partial charge in [-0.2, -0.15) is 11.8 Å². The molecule has 7 heteroatoms. The topological polar surface area (TPSA) is 71.1 Å². The van der Waals surface area contributed by atoms with Crippen LogP contribution in [0.5, 0.6) is 0 Å². The summed E-state index contributed by atoms with van der Waals surface area (Å²) < 4.78 is 26.7. The van der Waals surface area contributed by atoms with Crippen molar-refractivity contribution in [2.75, 3.05) is 24.7 Å². The van der Waals surface area contributed by atoms with Gasteiger partial charge in [0.25, 0.3) is 0 Å². The molecule has 1 atom stereocenters. The minimum Gasteiger partial charge on any atom is -0.370 e. The van der Waals surface area contributed by atoms with Gasteiger partial charge >= 0.3 is 0 Å². The third-order valence-electron chi connectivity index (χ3n) is 2.85. The number of thioether (sulfide) groups is 1. The molecule has 1 rings (SSSR count). The summed E-state index contributed by atoms with van der Waals surface area (Å²) in [7, 11) is -3.45. The van der Waals surface area contributed by atoms with Gasteiger partial charge in [-0.05, 0) is 31.2 Å². The van der Waals surface area contributed by atoms with Crippen LogP contribution in [-0.4, -0.2) is 38.0 Å². The molecule has 0 amide bonds. The number of nitrogens with zero attached hydrogens (tertiary/aromatic N) is 1. The molecular formula is C13H23N3O2S2. The summed E-state index contributed by atoms with van der Waals surface area (Å²) in [6.07, 6.45) is 5.21. The minimum absolute atomic E-state index is 0.205. The first-order valence-electron chi connectivity index (χ1n) is 6.72. The molecule has 1 unspecified atom stereocenters. The maximum absolute atomic E-state index is 12.0. The fourth-order valence-corrected chi connectivity index (χ4v) is 2.84. The van der Waals surface area contributed by atoms with Crippen molar-refractivity contribution in [2.45, 2.75) is 36.8 Å². The van der Waals surface area contributed by atoms with Gasteiger partial charge in [0.15, 0.2) is 0 Å². The van der Waals surface area contributed by atoms with Gasteiger partial charge in [0.1, 0.15) is 10.7 Å².